The molecule has 0 bridgehead atoms. The number of hydrogen-bond acceptors (Lipinski definition) is 4. The Balaban J connectivity index is 1.55. The largest absolute Gasteiger partial charge is 0.326 e. The summed E-state index contributed by atoms with van der Waals surface area (Å²) in [7, 11) is 0. The summed E-state index contributed by atoms with van der Waals surface area (Å²) in [6, 6.07) is 16.9. The van der Waals surface area contributed by atoms with Crippen LogP contribution >= 0.6 is 11.8 Å². The van der Waals surface area contributed by atoms with Crippen LogP contribution in [0, 0.1) is 0 Å². The van der Waals surface area contributed by atoms with Crippen molar-refractivity contribution in [3.63, 3.8) is 0 Å². The molecule has 2 aromatic carbocycles. The Labute approximate surface area is 143 Å². The van der Waals surface area contributed by atoms with E-state index in [1.807, 2.05) is 42.5 Å². The Morgan fingerprint density at radius 2 is 1.71 bits per heavy atom. The maximum absolute atomic E-state index is 12.0. The molecule has 3 amide bonds. The van der Waals surface area contributed by atoms with Crippen molar-refractivity contribution in [2.45, 2.75) is 18.1 Å². The molecule has 0 saturated carbocycles. The molecule has 3 rings (SSSR count). The summed E-state index contributed by atoms with van der Waals surface area (Å²) < 4.78 is 0. The second-order valence-electron chi connectivity index (χ2n) is 5.49. The zero-order valence-electron chi connectivity index (χ0n) is 12.8. The second-order valence-corrected chi connectivity index (χ2v) is 6.67. The Bertz CT molecular complexity index is 760. The molecule has 6 heteroatoms. The van der Waals surface area contributed by atoms with Crippen LogP contribution in [0.1, 0.15) is 11.1 Å². The molecule has 0 spiro atoms. The van der Waals surface area contributed by atoms with Crippen molar-refractivity contribution in [1.82, 2.24) is 5.32 Å². The van der Waals surface area contributed by atoms with Gasteiger partial charge in [-0.3, -0.25) is 19.7 Å². The van der Waals surface area contributed by atoms with E-state index >= 15 is 0 Å². The van der Waals surface area contributed by atoms with Crippen molar-refractivity contribution in [2.24, 2.45) is 0 Å². The number of hydrogen-bond donors (Lipinski definition) is 2. The quantitative estimate of drug-likeness (QED) is 0.878. The van der Waals surface area contributed by atoms with Crippen LogP contribution in [0.15, 0.2) is 54.6 Å². The summed E-state index contributed by atoms with van der Waals surface area (Å²) in [6.45, 7) is 0. The van der Waals surface area contributed by atoms with Crippen LogP contribution in [-0.4, -0.2) is 22.3 Å². The maximum Gasteiger partial charge on any atom is 0.286 e. The number of thioether (sulfide) groups is 1. The van der Waals surface area contributed by atoms with Crippen LogP contribution in [0.3, 0.4) is 0 Å². The van der Waals surface area contributed by atoms with E-state index in [-0.39, 0.29) is 22.3 Å². The van der Waals surface area contributed by atoms with Gasteiger partial charge in [0.15, 0.2) is 0 Å². The Morgan fingerprint density at radius 3 is 2.33 bits per heavy atom. The van der Waals surface area contributed by atoms with Crippen molar-refractivity contribution in [3.05, 3.63) is 65.7 Å². The topological polar surface area (TPSA) is 75.3 Å². The Kier molecular flexibility index (Phi) is 4.96. The van der Waals surface area contributed by atoms with Crippen LogP contribution in [0.2, 0.25) is 0 Å². The van der Waals surface area contributed by atoms with Gasteiger partial charge in [0.05, 0.1) is 11.7 Å². The number of nitrogens with one attached hydrogen (secondary N) is 2. The first-order chi connectivity index (χ1) is 11.6. The van der Waals surface area contributed by atoms with E-state index in [9.17, 15) is 14.4 Å². The first kappa shape index (κ1) is 16.3. The van der Waals surface area contributed by atoms with E-state index in [4.69, 9.17) is 0 Å². The van der Waals surface area contributed by atoms with E-state index < -0.39 is 0 Å². The fraction of sp³-hybridized carbons (Fsp3) is 0.167. The van der Waals surface area contributed by atoms with E-state index in [2.05, 4.69) is 10.6 Å². The van der Waals surface area contributed by atoms with Gasteiger partial charge in [0.25, 0.3) is 5.24 Å². The first-order valence-electron chi connectivity index (χ1n) is 7.54. The van der Waals surface area contributed by atoms with Gasteiger partial charge in [-0.25, -0.2) is 0 Å². The number of anilines is 1. The minimum absolute atomic E-state index is 0.0785. The molecule has 122 valence electrons. The van der Waals surface area contributed by atoms with Crippen LogP contribution in [0.25, 0.3) is 0 Å². The van der Waals surface area contributed by atoms with E-state index in [0.29, 0.717) is 18.5 Å². The highest BCUT2D eigenvalue weighted by atomic mass is 32.2. The highest BCUT2D eigenvalue weighted by molar-refractivity contribution is 8.15. The lowest BCUT2D eigenvalue weighted by molar-refractivity contribution is -0.119. The molecule has 1 fully saturated rings. The average Bonchev–Trinajstić information content (AvgIpc) is 2.87. The normalized spacial score (nSPS) is 16.8. The lowest BCUT2D eigenvalue weighted by Gasteiger charge is -2.08. The lowest BCUT2D eigenvalue weighted by Crippen LogP contribution is -2.25. The van der Waals surface area contributed by atoms with Gasteiger partial charge in [0.1, 0.15) is 0 Å². The van der Waals surface area contributed by atoms with Gasteiger partial charge < -0.3 is 5.32 Å². The minimum Gasteiger partial charge on any atom is -0.326 e. The number of imide groups is 1. The lowest BCUT2D eigenvalue weighted by atomic mass is 10.1. The number of carbonyl (C=O) groups excluding carboxylic acids is 3. The molecule has 2 N–H and O–H groups in total. The molecule has 1 heterocycles. The predicted octanol–water partition coefficient (Wildman–Crippen LogP) is 2.76. The van der Waals surface area contributed by atoms with Crippen molar-refractivity contribution >= 4 is 34.5 Å². The van der Waals surface area contributed by atoms with E-state index in [1.54, 1.807) is 12.1 Å². The number of benzene rings is 2. The van der Waals surface area contributed by atoms with Crippen molar-refractivity contribution < 1.29 is 14.4 Å². The molecule has 2 aromatic rings. The number of rotatable bonds is 5. The molecule has 1 aliphatic rings. The molecule has 1 atom stereocenters. The molecular weight excluding hydrogens is 324 g/mol. The minimum atomic E-state index is -0.379. The van der Waals surface area contributed by atoms with Gasteiger partial charge in [0.2, 0.25) is 11.8 Å². The van der Waals surface area contributed by atoms with Gasteiger partial charge in [-0.1, -0.05) is 54.2 Å². The van der Waals surface area contributed by atoms with Crippen molar-refractivity contribution in [1.29, 1.82) is 0 Å². The van der Waals surface area contributed by atoms with Gasteiger partial charge in [-0.2, -0.15) is 0 Å². The standard InChI is InChI=1S/C18H16N2O3S/c21-16(11-12-4-2-1-3-5-12)19-14-8-6-13(7-9-14)10-15-17(22)20-18(23)24-15/h1-9,15H,10-11H2,(H,19,21)(H,20,22,23). The molecule has 0 aliphatic carbocycles. The highest BCUT2D eigenvalue weighted by Gasteiger charge is 2.31. The smallest absolute Gasteiger partial charge is 0.286 e. The SMILES string of the molecule is O=C(Cc1ccccc1)Nc1ccc(CC2SC(=O)NC2=O)cc1. The van der Waals surface area contributed by atoms with E-state index in [1.165, 1.54) is 0 Å². The summed E-state index contributed by atoms with van der Waals surface area (Å²) >= 11 is 1.02. The summed E-state index contributed by atoms with van der Waals surface area (Å²) in [5, 5.41) is 4.45. The molecule has 5 nitrogen and oxygen atoms in total. The average molecular weight is 340 g/mol. The van der Waals surface area contributed by atoms with Gasteiger partial charge in [0, 0.05) is 5.69 Å². The third-order valence-electron chi connectivity index (χ3n) is 3.63. The Hall–Kier alpha value is -2.60. The number of carbonyl (C=O) groups is 3. The fourth-order valence-corrected chi connectivity index (χ4v) is 3.31. The van der Waals surface area contributed by atoms with Crippen LogP contribution in [0.4, 0.5) is 10.5 Å². The second kappa shape index (κ2) is 7.31. The molecule has 1 saturated heterocycles. The monoisotopic (exact) mass is 340 g/mol. The van der Waals surface area contributed by atoms with E-state index in [0.717, 1.165) is 22.9 Å². The molecule has 24 heavy (non-hydrogen) atoms. The zero-order chi connectivity index (χ0) is 16.9. The highest BCUT2D eigenvalue weighted by Crippen LogP contribution is 2.23. The van der Waals surface area contributed by atoms with Crippen LogP contribution in [0.5, 0.6) is 0 Å². The fourth-order valence-electron chi connectivity index (χ4n) is 2.45. The molecule has 1 unspecified atom stereocenters. The molecule has 1 aliphatic heterocycles. The summed E-state index contributed by atoms with van der Waals surface area (Å²) in [4.78, 5) is 34.7. The summed E-state index contributed by atoms with van der Waals surface area (Å²) in [5.74, 6) is -0.324. The van der Waals surface area contributed by atoms with Crippen molar-refractivity contribution in [2.75, 3.05) is 5.32 Å². The predicted molar refractivity (Wildman–Crippen MR) is 93.8 cm³/mol. The third kappa shape index (κ3) is 4.23. The van der Waals surface area contributed by atoms with Gasteiger partial charge in [-0.05, 0) is 29.7 Å². The van der Waals surface area contributed by atoms with Crippen LogP contribution in [-0.2, 0) is 22.4 Å². The summed E-state index contributed by atoms with van der Waals surface area (Å²) in [5.41, 5.74) is 2.61. The zero-order valence-corrected chi connectivity index (χ0v) is 13.6. The van der Waals surface area contributed by atoms with Gasteiger partial charge >= 0.3 is 0 Å². The molecule has 0 radical (unpaired) electrons. The Morgan fingerprint density at radius 1 is 1.00 bits per heavy atom. The first-order valence-corrected chi connectivity index (χ1v) is 8.42. The molecular formula is C18H16N2O3S. The molecule has 0 aromatic heterocycles. The van der Waals surface area contributed by atoms with Gasteiger partial charge in [-0.15, -0.1) is 0 Å². The third-order valence-corrected chi connectivity index (χ3v) is 4.61. The van der Waals surface area contributed by atoms with Crippen LogP contribution < -0.4 is 10.6 Å². The van der Waals surface area contributed by atoms with Crippen molar-refractivity contribution in [3.8, 4) is 0 Å². The summed E-state index contributed by atoms with van der Waals surface area (Å²) in [6.07, 6.45) is 0.810. The maximum atomic E-state index is 12.0. The number of amides is 3.